The van der Waals surface area contributed by atoms with Crippen LogP contribution in [0.3, 0.4) is 0 Å². The van der Waals surface area contributed by atoms with Crippen LogP contribution < -0.4 is 17.0 Å². The molecule has 0 aromatic carbocycles. The Morgan fingerprint density at radius 3 is 2.52 bits per heavy atom. The summed E-state index contributed by atoms with van der Waals surface area (Å²) in [6.45, 7) is 8.03. The van der Waals surface area contributed by atoms with Crippen LogP contribution in [0.1, 0.15) is 16.3 Å². The summed E-state index contributed by atoms with van der Waals surface area (Å²) in [6.07, 6.45) is 1.67. The lowest BCUT2D eigenvalue weighted by Gasteiger charge is -2.10. The Kier molecular flexibility index (Phi) is 4.73. The second kappa shape index (κ2) is 6.81. The van der Waals surface area contributed by atoms with Crippen LogP contribution in [0.5, 0.6) is 0 Å². The number of hydrogen-bond donors (Lipinski definition) is 2. The number of hydrogen-bond acceptors (Lipinski definition) is 9. The molecule has 0 saturated heterocycles. The molecule has 8 nitrogen and oxygen atoms in total. The van der Waals surface area contributed by atoms with Gasteiger partial charge in [-0.3, -0.25) is 9.36 Å². The van der Waals surface area contributed by atoms with E-state index in [2.05, 4.69) is 26.5 Å². The summed E-state index contributed by atoms with van der Waals surface area (Å²) < 4.78 is 1.60. The molecule has 10 heteroatoms. The van der Waals surface area contributed by atoms with Gasteiger partial charge < -0.3 is 11.5 Å². The Balaban J connectivity index is 2.03. The average molecular weight is 375 g/mol. The topological polar surface area (TPSA) is 126 Å². The Labute approximate surface area is 152 Å². The number of nitrogens with zero attached hydrogens (tertiary/aromatic N) is 5. The van der Waals surface area contributed by atoms with E-state index in [-0.39, 0.29) is 17.5 Å². The Hall–Kier alpha value is -2.46. The third-order valence-corrected chi connectivity index (χ3v) is 5.69. The first-order valence-corrected chi connectivity index (χ1v) is 9.21. The van der Waals surface area contributed by atoms with Gasteiger partial charge in [0.15, 0.2) is 5.16 Å². The molecule has 3 rings (SSSR count). The molecule has 0 saturated carbocycles. The quantitative estimate of drug-likeness (QED) is 0.393. The van der Waals surface area contributed by atoms with E-state index < -0.39 is 0 Å². The van der Waals surface area contributed by atoms with Gasteiger partial charge in [-0.05, 0) is 19.4 Å². The van der Waals surface area contributed by atoms with Crippen molar-refractivity contribution in [1.29, 1.82) is 0 Å². The summed E-state index contributed by atoms with van der Waals surface area (Å²) in [5.41, 5.74) is 12.1. The standard InChI is InChI=1S/C15H17N7OS2/c1-4-5-22-12(23)10-7(2)8(3)25-11(10)20-15(22)24-6-9-18-13(16)21-14(17)19-9/h4H,1,5-6H2,2-3H3,(H4,16,17,18,19,21). The van der Waals surface area contributed by atoms with E-state index in [1.807, 2.05) is 13.8 Å². The average Bonchev–Trinajstić information content (AvgIpc) is 2.82. The molecule has 0 bridgehead atoms. The minimum absolute atomic E-state index is 0.0658. The van der Waals surface area contributed by atoms with Crippen molar-refractivity contribution in [3.8, 4) is 0 Å². The van der Waals surface area contributed by atoms with Crippen LogP contribution in [0, 0.1) is 13.8 Å². The number of fused-ring (bicyclic) bond motifs is 1. The van der Waals surface area contributed by atoms with Gasteiger partial charge in [-0.15, -0.1) is 17.9 Å². The number of allylic oxidation sites excluding steroid dienone is 1. The van der Waals surface area contributed by atoms with Crippen molar-refractivity contribution in [1.82, 2.24) is 24.5 Å². The van der Waals surface area contributed by atoms with Gasteiger partial charge in [-0.25, -0.2) is 4.98 Å². The molecule has 0 fully saturated rings. The number of aryl methyl sites for hydroxylation is 2. The molecular formula is C15H17N7OS2. The van der Waals surface area contributed by atoms with Gasteiger partial charge >= 0.3 is 0 Å². The van der Waals surface area contributed by atoms with Crippen LogP contribution in [-0.4, -0.2) is 24.5 Å². The smallest absolute Gasteiger partial charge is 0.263 e. The number of rotatable bonds is 5. The second-order valence-corrected chi connectivity index (χ2v) is 7.46. The van der Waals surface area contributed by atoms with Crippen molar-refractivity contribution in [3.05, 3.63) is 39.3 Å². The first-order chi connectivity index (χ1) is 11.9. The highest BCUT2D eigenvalue weighted by molar-refractivity contribution is 7.98. The van der Waals surface area contributed by atoms with Crippen LogP contribution in [0.2, 0.25) is 0 Å². The molecule has 3 aromatic rings. The number of nitrogen functional groups attached to an aromatic ring is 2. The van der Waals surface area contributed by atoms with Crippen molar-refractivity contribution in [3.63, 3.8) is 0 Å². The van der Waals surface area contributed by atoms with Crippen molar-refractivity contribution >= 4 is 45.2 Å². The molecule has 130 valence electrons. The van der Waals surface area contributed by atoms with Crippen molar-refractivity contribution in [2.24, 2.45) is 0 Å². The molecule has 0 aliphatic rings. The molecule has 0 aliphatic carbocycles. The van der Waals surface area contributed by atoms with E-state index in [0.717, 1.165) is 15.3 Å². The Morgan fingerprint density at radius 2 is 1.88 bits per heavy atom. The summed E-state index contributed by atoms with van der Waals surface area (Å²) in [5.74, 6) is 0.946. The van der Waals surface area contributed by atoms with Crippen LogP contribution in [0.4, 0.5) is 11.9 Å². The molecule has 0 aliphatic heterocycles. The zero-order chi connectivity index (χ0) is 18.1. The van der Waals surface area contributed by atoms with E-state index in [4.69, 9.17) is 11.5 Å². The van der Waals surface area contributed by atoms with Gasteiger partial charge in [0, 0.05) is 11.4 Å². The summed E-state index contributed by atoms with van der Waals surface area (Å²) in [5, 5.41) is 1.25. The van der Waals surface area contributed by atoms with Gasteiger partial charge in [0.2, 0.25) is 11.9 Å². The van der Waals surface area contributed by atoms with Crippen LogP contribution in [-0.2, 0) is 12.3 Å². The predicted molar refractivity (Wildman–Crippen MR) is 102 cm³/mol. The van der Waals surface area contributed by atoms with E-state index in [9.17, 15) is 4.79 Å². The highest BCUT2D eigenvalue weighted by atomic mass is 32.2. The summed E-state index contributed by atoms with van der Waals surface area (Å²) >= 11 is 2.86. The fourth-order valence-electron chi connectivity index (χ4n) is 2.36. The molecule has 0 atom stereocenters. The highest BCUT2D eigenvalue weighted by Gasteiger charge is 2.16. The Bertz CT molecular complexity index is 1000. The normalized spacial score (nSPS) is 11.1. The van der Waals surface area contributed by atoms with Gasteiger partial charge in [-0.1, -0.05) is 17.8 Å². The van der Waals surface area contributed by atoms with E-state index in [0.29, 0.717) is 28.7 Å². The maximum absolute atomic E-state index is 12.9. The molecule has 3 heterocycles. The van der Waals surface area contributed by atoms with Crippen molar-refractivity contribution in [2.45, 2.75) is 31.3 Å². The first kappa shape index (κ1) is 17.4. The van der Waals surface area contributed by atoms with Crippen molar-refractivity contribution in [2.75, 3.05) is 11.5 Å². The molecule has 0 amide bonds. The maximum atomic E-state index is 12.9. The molecule has 25 heavy (non-hydrogen) atoms. The third-order valence-electron chi connectivity index (χ3n) is 3.61. The monoisotopic (exact) mass is 375 g/mol. The van der Waals surface area contributed by atoms with Crippen LogP contribution in [0.15, 0.2) is 22.6 Å². The number of aromatic nitrogens is 5. The van der Waals surface area contributed by atoms with E-state index in [1.54, 1.807) is 10.6 Å². The lowest BCUT2D eigenvalue weighted by Crippen LogP contribution is -2.22. The fraction of sp³-hybridized carbons (Fsp3) is 0.267. The minimum Gasteiger partial charge on any atom is -0.368 e. The first-order valence-electron chi connectivity index (χ1n) is 7.40. The summed E-state index contributed by atoms with van der Waals surface area (Å²) in [6, 6.07) is 0. The molecule has 4 N–H and O–H groups in total. The van der Waals surface area contributed by atoms with Gasteiger partial charge in [0.1, 0.15) is 10.7 Å². The second-order valence-electron chi connectivity index (χ2n) is 5.32. The Morgan fingerprint density at radius 1 is 1.20 bits per heavy atom. The fourth-order valence-corrected chi connectivity index (χ4v) is 4.29. The van der Waals surface area contributed by atoms with E-state index in [1.165, 1.54) is 23.1 Å². The molecule has 0 unspecified atom stereocenters. The lowest BCUT2D eigenvalue weighted by atomic mass is 10.2. The van der Waals surface area contributed by atoms with E-state index >= 15 is 0 Å². The van der Waals surface area contributed by atoms with Gasteiger partial charge in [0.05, 0.1) is 11.1 Å². The highest BCUT2D eigenvalue weighted by Crippen LogP contribution is 2.29. The number of thiophene rings is 1. The molecule has 0 spiro atoms. The summed E-state index contributed by atoms with van der Waals surface area (Å²) in [4.78, 5) is 31.2. The van der Waals surface area contributed by atoms with Gasteiger partial charge in [-0.2, -0.15) is 15.0 Å². The predicted octanol–water partition coefficient (Wildman–Crippen LogP) is 1.90. The SMILES string of the molecule is C=CCn1c(SCc2nc(N)nc(N)n2)nc2sc(C)c(C)c2c1=O. The van der Waals surface area contributed by atoms with Gasteiger partial charge in [0.25, 0.3) is 5.56 Å². The number of anilines is 2. The molecule has 0 radical (unpaired) electrons. The zero-order valence-electron chi connectivity index (χ0n) is 13.8. The zero-order valence-corrected chi connectivity index (χ0v) is 15.4. The number of nitrogens with two attached hydrogens (primary N) is 2. The lowest BCUT2D eigenvalue weighted by molar-refractivity contribution is 0.672. The number of thioether (sulfide) groups is 1. The minimum atomic E-state index is -0.0658. The summed E-state index contributed by atoms with van der Waals surface area (Å²) in [7, 11) is 0. The molecular weight excluding hydrogens is 358 g/mol. The maximum Gasteiger partial charge on any atom is 0.263 e. The van der Waals surface area contributed by atoms with Crippen LogP contribution >= 0.6 is 23.1 Å². The largest absolute Gasteiger partial charge is 0.368 e. The molecule has 3 aromatic heterocycles. The van der Waals surface area contributed by atoms with Crippen LogP contribution in [0.25, 0.3) is 10.2 Å². The third kappa shape index (κ3) is 3.35. The van der Waals surface area contributed by atoms with Crippen molar-refractivity contribution < 1.29 is 0 Å².